The molecular formula is C19H14ClF3N4. The summed E-state index contributed by atoms with van der Waals surface area (Å²) in [5.74, 6) is 0.898. The maximum absolute atomic E-state index is 13.0. The van der Waals surface area contributed by atoms with Crippen LogP contribution < -0.4 is 10.2 Å². The van der Waals surface area contributed by atoms with Crippen LogP contribution in [-0.4, -0.2) is 16.5 Å². The summed E-state index contributed by atoms with van der Waals surface area (Å²) in [5, 5.41) is 2.55. The Morgan fingerprint density at radius 2 is 1.89 bits per heavy atom. The van der Waals surface area contributed by atoms with Gasteiger partial charge in [-0.3, -0.25) is 0 Å². The van der Waals surface area contributed by atoms with Crippen molar-refractivity contribution in [2.45, 2.75) is 12.6 Å². The standard InChI is InChI=1S/C19H14ClF3N4/c20-15-6-5-13(11-14(15)19(21,22)23)25-17-7-9-24-18(26-17)27-10-8-12-3-1-2-4-16(12)27/h1-7,9,11H,8,10H2,(H,24,25,26). The van der Waals surface area contributed by atoms with E-state index in [9.17, 15) is 13.2 Å². The van der Waals surface area contributed by atoms with Gasteiger partial charge in [0.1, 0.15) is 5.82 Å². The van der Waals surface area contributed by atoms with Crippen LogP contribution in [0.2, 0.25) is 5.02 Å². The summed E-state index contributed by atoms with van der Waals surface area (Å²) in [4.78, 5) is 10.7. The van der Waals surface area contributed by atoms with Crippen LogP contribution in [0.15, 0.2) is 54.7 Å². The fourth-order valence-electron chi connectivity index (χ4n) is 3.06. The summed E-state index contributed by atoms with van der Waals surface area (Å²) in [7, 11) is 0. The van der Waals surface area contributed by atoms with Gasteiger partial charge in [-0.2, -0.15) is 18.2 Å². The molecule has 2 heterocycles. The number of para-hydroxylation sites is 1. The first-order valence-electron chi connectivity index (χ1n) is 8.24. The molecule has 1 N–H and O–H groups in total. The molecule has 8 heteroatoms. The number of rotatable bonds is 3. The maximum atomic E-state index is 13.0. The van der Waals surface area contributed by atoms with Crippen molar-refractivity contribution in [3.8, 4) is 0 Å². The number of alkyl halides is 3. The zero-order valence-electron chi connectivity index (χ0n) is 14.0. The van der Waals surface area contributed by atoms with Crippen LogP contribution in [-0.2, 0) is 12.6 Å². The van der Waals surface area contributed by atoms with E-state index in [1.54, 1.807) is 12.3 Å². The van der Waals surface area contributed by atoms with Gasteiger partial charge < -0.3 is 10.2 Å². The van der Waals surface area contributed by atoms with Crippen molar-refractivity contribution in [3.63, 3.8) is 0 Å². The van der Waals surface area contributed by atoms with Crippen LogP contribution >= 0.6 is 11.6 Å². The van der Waals surface area contributed by atoms with Crippen molar-refractivity contribution in [2.75, 3.05) is 16.8 Å². The number of hydrogen-bond acceptors (Lipinski definition) is 4. The number of aromatic nitrogens is 2. The molecule has 1 aliphatic heterocycles. The monoisotopic (exact) mass is 390 g/mol. The van der Waals surface area contributed by atoms with E-state index in [-0.39, 0.29) is 10.7 Å². The molecule has 0 saturated heterocycles. The lowest BCUT2D eigenvalue weighted by atomic mass is 10.2. The van der Waals surface area contributed by atoms with Crippen LogP contribution in [0.4, 0.5) is 36.3 Å². The smallest absolute Gasteiger partial charge is 0.340 e. The summed E-state index contributed by atoms with van der Waals surface area (Å²) in [6, 6.07) is 13.3. The third kappa shape index (κ3) is 3.55. The third-order valence-electron chi connectivity index (χ3n) is 4.32. The number of fused-ring (bicyclic) bond motifs is 1. The minimum atomic E-state index is -4.52. The zero-order valence-corrected chi connectivity index (χ0v) is 14.7. The van der Waals surface area contributed by atoms with E-state index in [1.165, 1.54) is 17.7 Å². The first-order valence-corrected chi connectivity index (χ1v) is 8.62. The molecular weight excluding hydrogens is 377 g/mol. The predicted octanol–water partition coefficient (Wildman–Crippen LogP) is 5.59. The molecule has 0 spiro atoms. The lowest BCUT2D eigenvalue weighted by molar-refractivity contribution is -0.137. The Hall–Kier alpha value is -2.80. The zero-order chi connectivity index (χ0) is 19.0. The molecule has 138 valence electrons. The summed E-state index contributed by atoms with van der Waals surface area (Å²) in [5.41, 5.74) is 1.61. The second-order valence-electron chi connectivity index (χ2n) is 6.09. The Balaban J connectivity index is 1.61. The minimum absolute atomic E-state index is 0.248. The SMILES string of the molecule is FC(F)(F)c1cc(Nc2ccnc(N3CCc4ccccc43)n2)ccc1Cl. The van der Waals surface area contributed by atoms with Crippen molar-refractivity contribution in [3.05, 3.63) is 70.9 Å². The molecule has 2 aromatic carbocycles. The van der Waals surface area contributed by atoms with Gasteiger partial charge in [-0.05, 0) is 42.3 Å². The van der Waals surface area contributed by atoms with Crippen LogP contribution in [0.3, 0.4) is 0 Å². The highest BCUT2D eigenvalue weighted by Gasteiger charge is 2.33. The van der Waals surface area contributed by atoms with Gasteiger partial charge in [-0.25, -0.2) is 4.98 Å². The second-order valence-corrected chi connectivity index (χ2v) is 6.50. The molecule has 0 bridgehead atoms. The number of nitrogens with zero attached hydrogens (tertiary/aromatic N) is 3. The highest BCUT2D eigenvalue weighted by Crippen LogP contribution is 2.37. The van der Waals surface area contributed by atoms with E-state index >= 15 is 0 Å². The van der Waals surface area contributed by atoms with Crippen molar-refractivity contribution >= 4 is 34.7 Å². The number of anilines is 4. The fourth-order valence-corrected chi connectivity index (χ4v) is 3.29. The predicted molar refractivity (Wildman–Crippen MR) is 98.9 cm³/mol. The molecule has 0 aliphatic carbocycles. The van der Waals surface area contributed by atoms with Gasteiger partial charge in [0.15, 0.2) is 0 Å². The van der Waals surface area contributed by atoms with Crippen LogP contribution in [0.25, 0.3) is 0 Å². The molecule has 4 nitrogen and oxygen atoms in total. The van der Waals surface area contributed by atoms with Gasteiger partial charge in [0, 0.05) is 24.1 Å². The maximum Gasteiger partial charge on any atom is 0.417 e. The Bertz CT molecular complexity index is 991. The number of benzene rings is 2. The summed E-state index contributed by atoms with van der Waals surface area (Å²) < 4.78 is 39.1. The van der Waals surface area contributed by atoms with E-state index in [0.29, 0.717) is 11.8 Å². The van der Waals surface area contributed by atoms with Crippen LogP contribution in [0.1, 0.15) is 11.1 Å². The van der Waals surface area contributed by atoms with Crippen LogP contribution in [0.5, 0.6) is 0 Å². The van der Waals surface area contributed by atoms with Gasteiger partial charge in [-0.15, -0.1) is 0 Å². The van der Waals surface area contributed by atoms with Gasteiger partial charge in [0.05, 0.1) is 10.6 Å². The largest absolute Gasteiger partial charge is 0.417 e. The highest BCUT2D eigenvalue weighted by molar-refractivity contribution is 6.31. The topological polar surface area (TPSA) is 41.1 Å². The molecule has 1 aromatic heterocycles. The first kappa shape index (κ1) is 17.6. The molecule has 0 fully saturated rings. The molecule has 0 radical (unpaired) electrons. The molecule has 0 saturated carbocycles. The number of halogens is 4. The van der Waals surface area contributed by atoms with Crippen LogP contribution in [0, 0.1) is 0 Å². The van der Waals surface area contributed by atoms with Gasteiger partial charge in [-0.1, -0.05) is 29.8 Å². The van der Waals surface area contributed by atoms with E-state index < -0.39 is 11.7 Å². The molecule has 3 aromatic rings. The molecule has 0 atom stereocenters. The van der Waals surface area contributed by atoms with E-state index in [1.807, 2.05) is 23.1 Å². The summed E-state index contributed by atoms with van der Waals surface area (Å²) in [6.45, 7) is 0.752. The quantitative estimate of drug-likeness (QED) is 0.633. The molecule has 4 rings (SSSR count). The van der Waals surface area contributed by atoms with E-state index in [2.05, 4.69) is 21.4 Å². The third-order valence-corrected chi connectivity index (χ3v) is 4.65. The fraction of sp³-hybridized carbons (Fsp3) is 0.158. The first-order chi connectivity index (χ1) is 12.9. The van der Waals surface area contributed by atoms with Gasteiger partial charge >= 0.3 is 6.18 Å². The van der Waals surface area contributed by atoms with Gasteiger partial charge in [0.2, 0.25) is 5.95 Å². The lowest BCUT2D eigenvalue weighted by Gasteiger charge is -2.18. The lowest BCUT2D eigenvalue weighted by Crippen LogP contribution is -2.16. The highest BCUT2D eigenvalue weighted by atomic mass is 35.5. The molecule has 0 unspecified atom stereocenters. The van der Waals surface area contributed by atoms with Crippen molar-refractivity contribution < 1.29 is 13.2 Å². The summed E-state index contributed by atoms with van der Waals surface area (Å²) in [6.07, 6.45) is -2.06. The Morgan fingerprint density at radius 1 is 1.07 bits per heavy atom. The molecule has 27 heavy (non-hydrogen) atoms. The second kappa shape index (κ2) is 6.74. The van der Waals surface area contributed by atoms with Gasteiger partial charge in [0.25, 0.3) is 0 Å². The van der Waals surface area contributed by atoms with Crippen molar-refractivity contribution in [2.24, 2.45) is 0 Å². The summed E-state index contributed by atoms with van der Waals surface area (Å²) >= 11 is 5.66. The van der Waals surface area contributed by atoms with E-state index in [4.69, 9.17) is 11.6 Å². The minimum Gasteiger partial charge on any atom is -0.340 e. The van der Waals surface area contributed by atoms with Crippen molar-refractivity contribution in [1.29, 1.82) is 0 Å². The van der Waals surface area contributed by atoms with Crippen molar-refractivity contribution in [1.82, 2.24) is 9.97 Å². The Kier molecular flexibility index (Phi) is 4.39. The average molecular weight is 391 g/mol. The van der Waals surface area contributed by atoms with E-state index in [0.717, 1.165) is 24.7 Å². The molecule has 1 aliphatic rings. The molecule has 0 amide bonds. The Labute approximate surface area is 158 Å². The number of hydrogen-bond donors (Lipinski definition) is 1. The average Bonchev–Trinajstić information content (AvgIpc) is 3.07. The number of nitrogens with one attached hydrogen (secondary N) is 1. The normalized spacial score (nSPS) is 13.6. The Morgan fingerprint density at radius 3 is 2.70 bits per heavy atom.